The molecule has 26 heavy (non-hydrogen) atoms. The average molecular weight is 374 g/mol. The highest BCUT2D eigenvalue weighted by Gasteiger charge is 2.50. The molecule has 1 spiro atoms. The first-order chi connectivity index (χ1) is 12.6. The lowest BCUT2D eigenvalue weighted by Gasteiger charge is -2.39. The number of aromatic nitrogens is 3. The van der Waals surface area contributed by atoms with Crippen molar-refractivity contribution in [1.82, 2.24) is 19.7 Å². The third kappa shape index (κ3) is 3.07. The van der Waals surface area contributed by atoms with Crippen molar-refractivity contribution in [1.29, 1.82) is 0 Å². The van der Waals surface area contributed by atoms with Crippen molar-refractivity contribution in [2.45, 2.75) is 25.8 Å². The van der Waals surface area contributed by atoms with Gasteiger partial charge in [0.25, 0.3) is 0 Å². The van der Waals surface area contributed by atoms with E-state index in [9.17, 15) is 9.59 Å². The lowest BCUT2D eigenvalue weighted by molar-refractivity contribution is -0.139. The zero-order chi connectivity index (χ0) is 18.1. The zero-order valence-corrected chi connectivity index (χ0v) is 15.1. The summed E-state index contributed by atoms with van der Waals surface area (Å²) < 4.78 is 1.53. The van der Waals surface area contributed by atoms with Crippen molar-refractivity contribution in [3.63, 3.8) is 0 Å². The summed E-state index contributed by atoms with van der Waals surface area (Å²) in [6.07, 6.45) is 8.96. The highest BCUT2D eigenvalue weighted by atomic mass is 35.5. The summed E-state index contributed by atoms with van der Waals surface area (Å²) in [4.78, 5) is 33.5. The van der Waals surface area contributed by atoms with Crippen molar-refractivity contribution in [2.24, 2.45) is 5.41 Å². The summed E-state index contributed by atoms with van der Waals surface area (Å²) >= 11 is 5.86. The molecular weight excluding hydrogens is 354 g/mol. The molecule has 2 aromatic rings. The standard InChI is InChI=1S/C18H20ClN5O2/c19-14-9-21-23(11-14)12-16(25)22-7-2-4-18(13-22)5-8-24(17(18)26)15-3-1-6-20-10-15/h1,3,6,9-11H,2,4-5,7-8,12-13H2. The summed E-state index contributed by atoms with van der Waals surface area (Å²) in [5.74, 6) is 0.0709. The summed E-state index contributed by atoms with van der Waals surface area (Å²) in [5, 5.41) is 4.57. The Hall–Kier alpha value is -2.41. The molecular formula is C18H20ClN5O2. The van der Waals surface area contributed by atoms with Crippen LogP contribution >= 0.6 is 11.6 Å². The van der Waals surface area contributed by atoms with E-state index in [-0.39, 0.29) is 18.4 Å². The van der Waals surface area contributed by atoms with Crippen LogP contribution in [-0.4, -0.2) is 51.1 Å². The van der Waals surface area contributed by atoms with Crippen LogP contribution in [0.4, 0.5) is 5.69 Å². The number of rotatable bonds is 3. The number of piperidine rings is 1. The minimum Gasteiger partial charge on any atom is -0.340 e. The lowest BCUT2D eigenvalue weighted by atomic mass is 9.78. The maximum atomic E-state index is 13.1. The van der Waals surface area contributed by atoms with Gasteiger partial charge in [-0.1, -0.05) is 11.6 Å². The van der Waals surface area contributed by atoms with Crippen molar-refractivity contribution in [2.75, 3.05) is 24.5 Å². The van der Waals surface area contributed by atoms with Gasteiger partial charge in [-0.05, 0) is 31.4 Å². The van der Waals surface area contributed by atoms with Crippen molar-refractivity contribution >= 4 is 29.1 Å². The highest BCUT2D eigenvalue weighted by Crippen LogP contribution is 2.41. The Labute approximate surface area is 156 Å². The number of carbonyl (C=O) groups is 2. The molecule has 2 aliphatic rings. The monoisotopic (exact) mass is 373 g/mol. The van der Waals surface area contributed by atoms with Gasteiger partial charge >= 0.3 is 0 Å². The van der Waals surface area contributed by atoms with E-state index in [1.54, 1.807) is 28.4 Å². The Balaban J connectivity index is 1.48. The smallest absolute Gasteiger partial charge is 0.244 e. The molecule has 2 saturated heterocycles. The third-order valence-corrected chi connectivity index (χ3v) is 5.49. The van der Waals surface area contributed by atoms with Crippen molar-refractivity contribution < 1.29 is 9.59 Å². The van der Waals surface area contributed by atoms with Crippen LogP contribution < -0.4 is 4.90 Å². The number of amides is 2. The van der Waals surface area contributed by atoms with Gasteiger partial charge in [-0.3, -0.25) is 19.3 Å². The minimum atomic E-state index is -0.481. The number of anilines is 1. The van der Waals surface area contributed by atoms with E-state index in [1.165, 1.54) is 10.9 Å². The van der Waals surface area contributed by atoms with Gasteiger partial charge < -0.3 is 9.80 Å². The Bertz CT molecular complexity index is 824. The van der Waals surface area contributed by atoms with Gasteiger partial charge in [0.05, 0.1) is 28.5 Å². The fourth-order valence-corrected chi connectivity index (χ4v) is 4.12. The SMILES string of the molecule is O=C(Cn1cc(Cl)cn1)N1CCCC2(CCN(c3cccnc3)C2=O)C1. The Morgan fingerprint density at radius 2 is 2.15 bits per heavy atom. The maximum absolute atomic E-state index is 13.1. The number of carbonyl (C=O) groups excluding carboxylic acids is 2. The van der Waals surface area contributed by atoms with Crippen LogP contribution in [0.5, 0.6) is 0 Å². The summed E-state index contributed by atoms with van der Waals surface area (Å²) in [6.45, 7) is 1.96. The van der Waals surface area contributed by atoms with Crippen LogP contribution in [0.15, 0.2) is 36.9 Å². The largest absolute Gasteiger partial charge is 0.340 e. The molecule has 2 aliphatic heterocycles. The fraction of sp³-hybridized carbons (Fsp3) is 0.444. The molecule has 4 rings (SSSR count). The molecule has 0 bridgehead atoms. The highest BCUT2D eigenvalue weighted by molar-refractivity contribution is 6.30. The molecule has 2 fully saturated rings. The number of nitrogens with zero attached hydrogens (tertiary/aromatic N) is 5. The first kappa shape index (κ1) is 17.0. The average Bonchev–Trinajstić information content (AvgIpc) is 3.20. The van der Waals surface area contributed by atoms with E-state index < -0.39 is 5.41 Å². The molecule has 136 valence electrons. The van der Waals surface area contributed by atoms with Gasteiger partial charge in [0.1, 0.15) is 6.54 Å². The van der Waals surface area contributed by atoms with Crippen LogP contribution in [0, 0.1) is 5.41 Å². The maximum Gasteiger partial charge on any atom is 0.244 e. The summed E-state index contributed by atoms with van der Waals surface area (Å²) in [7, 11) is 0. The van der Waals surface area contributed by atoms with Gasteiger partial charge in [0.15, 0.2) is 0 Å². The number of pyridine rings is 1. The Morgan fingerprint density at radius 1 is 1.27 bits per heavy atom. The zero-order valence-electron chi connectivity index (χ0n) is 14.3. The van der Waals surface area contributed by atoms with Crippen LogP contribution in [0.3, 0.4) is 0 Å². The molecule has 0 aromatic carbocycles. The number of likely N-dealkylation sites (tertiary alicyclic amines) is 1. The topological polar surface area (TPSA) is 71.3 Å². The van der Waals surface area contributed by atoms with Gasteiger partial charge in [-0.25, -0.2) is 0 Å². The van der Waals surface area contributed by atoms with Gasteiger partial charge in [0, 0.05) is 32.0 Å². The van der Waals surface area contributed by atoms with Crippen molar-refractivity contribution in [3.8, 4) is 0 Å². The van der Waals surface area contributed by atoms with Crippen LogP contribution in [0.1, 0.15) is 19.3 Å². The normalized spacial score (nSPS) is 23.0. The van der Waals surface area contributed by atoms with Crippen LogP contribution in [-0.2, 0) is 16.1 Å². The van der Waals surface area contributed by atoms with Crippen LogP contribution in [0.2, 0.25) is 5.02 Å². The molecule has 1 unspecified atom stereocenters. The van der Waals surface area contributed by atoms with Crippen LogP contribution in [0.25, 0.3) is 0 Å². The molecule has 4 heterocycles. The number of hydrogen-bond acceptors (Lipinski definition) is 4. The second-order valence-corrected chi connectivity index (χ2v) is 7.41. The van der Waals surface area contributed by atoms with E-state index in [0.717, 1.165) is 24.9 Å². The molecule has 0 aliphatic carbocycles. The number of hydrogen-bond donors (Lipinski definition) is 0. The van der Waals surface area contributed by atoms with Gasteiger partial charge in [0.2, 0.25) is 11.8 Å². The van der Waals surface area contributed by atoms with Gasteiger partial charge in [-0.2, -0.15) is 5.10 Å². The Kier molecular flexibility index (Phi) is 4.40. The predicted molar refractivity (Wildman–Crippen MR) is 96.7 cm³/mol. The molecule has 8 heteroatoms. The summed E-state index contributed by atoms with van der Waals surface area (Å²) in [5.41, 5.74) is 0.343. The second-order valence-electron chi connectivity index (χ2n) is 6.97. The molecule has 2 amide bonds. The Morgan fingerprint density at radius 3 is 2.88 bits per heavy atom. The van der Waals surface area contributed by atoms with E-state index >= 15 is 0 Å². The molecule has 1 atom stereocenters. The lowest BCUT2D eigenvalue weighted by Crippen LogP contribution is -2.50. The summed E-state index contributed by atoms with van der Waals surface area (Å²) in [6, 6.07) is 3.73. The predicted octanol–water partition coefficient (Wildman–Crippen LogP) is 1.98. The van der Waals surface area contributed by atoms with Crippen molar-refractivity contribution in [3.05, 3.63) is 41.9 Å². The number of halogens is 1. The molecule has 0 N–H and O–H groups in total. The first-order valence-corrected chi connectivity index (χ1v) is 9.13. The van der Waals surface area contributed by atoms with E-state index in [2.05, 4.69) is 10.1 Å². The third-order valence-electron chi connectivity index (χ3n) is 5.30. The van der Waals surface area contributed by atoms with E-state index in [0.29, 0.717) is 24.7 Å². The quantitative estimate of drug-likeness (QED) is 0.824. The molecule has 2 aromatic heterocycles. The molecule has 0 radical (unpaired) electrons. The minimum absolute atomic E-state index is 0.0310. The van der Waals surface area contributed by atoms with Gasteiger partial charge in [-0.15, -0.1) is 0 Å². The second kappa shape index (κ2) is 6.72. The first-order valence-electron chi connectivity index (χ1n) is 8.75. The molecule has 0 saturated carbocycles. The van der Waals surface area contributed by atoms with E-state index in [1.807, 2.05) is 12.1 Å². The van der Waals surface area contributed by atoms with E-state index in [4.69, 9.17) is 11.6 Å². The molecule has 7 nitrogen and oxygen atoms in total. The fourth-order valence-electron chi connectivity index (χ4n) is 3.97.